The number of aromatic nitrogens is 2. The molecule has 0 saturated carbocycles. The van der Waals surface area contributed by atoms with E-state index in [-0.39, 0.29) is 5.69 Å². The Bertz CT molecular complexity index is 476. The number of rotatable bonds is 4. The van der Waals surface area contributed by atoms with Crippen molar-refractivity contribution in [1.82, 2.24) is 9.97 Å². The molecule has 1 N–H and O–H groups in total. The number of carboxylic acids is 1. The Balaban J connectivity index is 2.13. The number of aromatic carboxylic acids is 1. The van der Waals surface area contributed by atoms with Crippen LogP contribution in [-0.4, -0.2) is 34.1 Å². The largest absolute Gasteiger partial charge is 0.477 e. The quantitative estimate of drug-likeness (QED) is 0.916. The maximum absolute atomic E-state index is 11.1. The molecule has 0 aliphatic carbocycles. The van der Waals surface area contributed by atoms with Crippen molar-refractivity contribution in [3.63, 3.8) is 0 Å². The van der Waals surface area contributed by atoms with Crippen molar-refractivity contribution >= 4 is 11.9 Å². The van der Waals surface area contributed by atoms with E-state index in [1.165, 1.54) is 25.3 Å². The van der Waals surface area contributed by atoms with Gasteiger partial charge in [-0.25, -0.2) is 14.8 Å². The van der Waals surface area contributed by atoms with Gasteiger partial charge in [0.1, 0.15) is 0 Å². The van der Waals surface area contributed by atoms with E-state index in [2.05, 4.69) is 21.8 Å². The first-order chi connectivity index (χ1) is 9.60. The standard InChI is InChI=1S/C15H23N3O2/c1-3-5-12-6-4-8-18(9-7-12)15-16-11(2)10-13(17-15)14(19)20/h10,12H,3-9H2,1-2H3,(H,19,20). The van der Waals surface area contributed by atoms with E-state index in [4.69, 9.17) is 5.11 Å². The zero-order valence-corrected chi connectivity index (χ0v) is 12.3. The lowest BCUT2D eigenvalue weighted by Crippen LogP contribution is -2.27. The van der Waals surface area contributed by atoms with Gasteiger partial charge >= 0.3 is 5.97 Å². The number of carboxylic acid groups (broad SMARTS) is 1. The molecule has 0 spiro atoms. The lowest BCUT2D eigenvalue weighted by Gasteiger charge is -2.21. The Labute approximate surface area is 120 Å². The highest BCUT2D eigenvalue weighted by Crippen LogP contribution is 2.24. The van der Waals surface area contributed by atoms with Gasteiger partial charge < -0.3 is 10.0 Å². The molecule has 0 bridgehead atoms. The van der Waals surface area contributed by atoms with Crippen LogP contribution >= 0.6 is 0 Å². The summed E-state index contributed by atoms with van der Waals surface area (Å²) in [5.74, 6) is 0.365. The van der Waals surface area contributed by atoms with Gasteiger partial charge in [0.25, 0.3) is 0 Å². The van der Waals surface area contributed by atoms with Crippen molar-refractivity contribution in [2.75, 3.05) is 18.0 Å². The monoisotopic (exact) mass is 277 g/mol. The van der Waals surface area contributed by atoms with E-state index in [9.17, 15) is 4.79 Å². The zero-order valence-electron chi connectivity index (χ0n) is 12.3. The maximum Gasteiger partial charge on any atom is 0.354 e. The summed E-state index contributed by atoms with van der Waals surface area (Å²) in [4.78, 5) is 21.8. The average Bonchev–Trinajstić information content (AvgIpc) is 2.64. The third-order valence-corrected chi connectivity index (χ3v) is 3.89. The van der Waals surface area contributed by atoms with E-state index < -0.39 is 5.97 Å². The second-order valence-electron chi connectivity index (χ2n) is 5.57. The number of hydrogen-bond acceptors (Lipinski definition) is 4. The smallest absolute Gasteiger partial charge is 0.354 e. The van der Waals surface area contributed by atoms with Crippen LogP contribution in [0, 0.1) is 12.8 Å². The Morgan fingerprint density at radius 2 is 2.20 bits per heavy atom. The van der Waals surface area contributed by atoms with E-state index >= 15 is 0 Å². The number of hydrogen-bond donors (Lipinski definition) is 1. The van der Waals surface area contributed by atoms with Crippen molar-refractivity contribution in [3.8, 4) is 0 Å². The average molecular weight is 277 g/mol. The fraction of sp³-hybridized carbons (Fsp3) is 0.667. The van der Waals surface area contributed by atoms with E-state index in [1.807, 2.05) is 6.92 Å². The highest BCUT2D eigenvalue weighted by atomic mass is 16.4. The summed E-state index contributed by atoms with van der Waals surface area (Å²) in [5.41, 5.74) is 0.795. The van der Waals surface area contributed by atoms with Crippen LogP contribution in [0.4, 0.5) is 5.95 Å². The molecule has 1 saturated heterocycles. The molecule has 1 aromatic rings. The molecule has 1 unspecified atom stereocenters. The normalized spacial score (nSPS) is 19.7. The third-order valence-electron chi connectivity index (χ3n) is 3.89. The first kappa shape index (κ1) is 14.8. The summed E-state index contributed by atoms with van der Waals surface area (Å²) in [6, 6.07) is 1.52. The molecule has 5 nitrogen and oxygen atoms in total. The van der Waals surface area contributed by atoms with Crippen LogP contribution in [-0.2, 0) is 0 Å². The molecular weight excluding hydrogens is 254 g/mol. The molecule has 110 valence electrons. The van der Waals surface area contributed by atoms with Crippen molar-refractivity contribution in [1.29, 1.82) is 0 Å². The Morgan fingerprint density at radius 1 is 1.40 bits per heavy atom. The van der Waals surface area contributed by atoms with Crippen molar-refractivity contribution in [3.05, 3.63) is 17.5 Å². The molecule has 0 amide bonds. The summed E-state index contributed by atoms with van der Waals surface area (Å²) in [6.45, 7) is 5.89. The van der Waals surface area contributed by atoms with Crippen LogP contribution in [0.25, 0.3) is 0 Å². The lowest BCUT2D eigenvalue weighted by atomic mass is 9.96. The van der Waals surface area contributed by atoms with Gasteiger partial charge in [0.2, 0.25) is 5.95 Å². The number of carbonyl (C=O) groups is 1. The number of nitrogens with zero attached hydrogens (tertiary/aromatic N) is 3. The summed E-state index contributed by atoms with van der Waals surface area (Å²) >= 11 is 0. The first-order valence-corrected chi connectivity index (χ1v) is 7.44. The van der Waals surface area contributed by atoms with Crippen LogP contribution < -0.4 is 4.90 Å². The van der Waals surface area contributed by atoms with Crippen LogP contribution in [0.5, 0.6) is 0 Å². The highest BCUT2D eigenvalue weighted by molar-refractivity contribution is 5.85. The van der Waals surface area contributed by atoms with Gasteiger partial charge in [-0.3, -0.25) is 0 Å². The molecule has 2 rings (SSSR count). The van der Waals surface area contributed by atoms with Crippen molar-refractivity contribution in [2.24, 2.45) is 5.92 Å². The molecule has 20 heavy (non-hydrogen) atoms. The van der Waals surface area contributed by atoms with Gasteiger partial charge in [-0.05, 0) is 38.2 Å². The SMILES string of the molecule is CCCC1CCCN(c2nc(C)cc(C(=O)O)n2)CC1. The van der Waals surface area contributed by atoms with Gasteiger partial charge in [0.05, 0.1) is 0 Å². The molecule has 1 aliphatic rings. The van der Waals surface area contributed by atoms with Crippen LogP contribution in [0.2, 0.25) is 0 Å². The fourth-order valence-corrected chi connectivity index (χ4v) is 2.87. The van der Waals surface area contributed by atoms with Crippen LogP contribution in [0.3, 0.4) is 0 Å². The minimum Gasteiger partial charge on any atom is -0.477 e. The number of aryl methyl sites for hydroxylation is 1. The predicted octanol–water partition coefficient (Wildman–Crippen LogP) is 2.89. The van der Waals surface area contributed by atoms with Crippen LogP contribution in [0.1, 0.15) is 55.2 Å². The molecule has 5 heteroatoms. The number of anilines is 1. The van der Waals surface area contributed by atoms with Gasteiger partial charge in [0, 0.05) is 18.8 Å². The van der Waals surface area contributed by atoms with Gasteiger partial charge in [-0.2, -0.15) is 0 Å². The summed E-state index contributed by atoms with van der Waals surface area (Å²) in [7, 11) is 0. The molecule has 1 fully saturated rings. The van der Waals surface area contributed by atoms with E-state index in [0.717, 1.165) is 31.8 Å². The molecular formula is C15H23N3O2. The summed E-state index contributed by atoms with van der Waals surface area (Å²) in [5, 5.41) is 9.09. The van der Waals surface area contributed by atoms with Crippen LogP contribution in [0.15, 0.2) is 6.07 Å². The first-order valence-electron chi connectivity index (χ1n) is 7.44. The highest BCUT2D eigenvalue weighted by Gasteiger charge is 2.19. The molecule has 2 heterocycles. The van der Waals surface area contributed by atoms with Gasteiger partial charge in [0.15, 0.2) is 5.69 Å². The lowest BCUT2D eigenvalue weighted by molar-refractivity contribution is 0.0690. The Morgan fingerprint density at radius 3 is 2.90 bits per heavy atom. The van der Waals surface area contributed by atoms with E-state index in [0.29, 0.717) is 11.6 Å². The van der Waals surface area contributed by atoms with Gasteiger partial charge in [-0.15, -0.1) is 0 Å². The Kier molecular flexibility index (Phi) is 4.93. The van der Waals surface area contributed by atoms with E-state index in [1.54, 1.807) is 0 Å². The molecule has 1 aliphatic heterocycles. The predicted molar refractivity (Wildman–Crippen MR) is 78.2 cm³/mol. The fourth-order valence-electron chi connectivity index (χ4n) is 2.87. The molecule has 0 aromatic carbocycles. The molecule has 1 aromatic heterocycles. The summed E-state index contributed by atoms with van der Waals surface area (Å²) < 4.78 is 0. The minimum absolute atomic E-state index is 0.0851. The van der Waals surface area contributed by atoms with Crippen molar-refractivity contribution < 1.29 is 9.90 Å². The topological polar surface area (TPSA) is 66.3 Å². The second-order valence-corrected chi connectivity index (χ2v) is 5.57. The third kappa shape index (κ3) is 3.68. The van der Waals surface area contributed by atoms with Crippen molar-refractivity contribution in [2.45, 2.75) is 46.0 Å². The Hall–Kier alpha value is -1.65. The minimum atomic E-state index is -0.990. The molecule has 1 atom stereocenters. The van der Waals surface area contributed by atoms with Gasteiger partial charge in [-0.1, -0.05) is 19.8 Å². The zero-order chi connectivity index (χ0) is 14.5. The maximum atomic E-state index is 11.1. The second kappa shape index (κ2) is 6.68. The molecule has 0 radical (unpaired) electrons. The summed E-state index contributed by atoms with van der Waals surface area (Å²) in [6.07, 6.45) is 6.04.